The molecule has 23 heavy (non-hydrogen) atoms. The average molecular weight is 330 g/mol. The third kappa shape index (κ3) is 3.47. The second kappa shape index (κ2) is 7.00. The molecule has 0 unspecified atom stereocenters. The predicted molar refractivity (Wildman–Crippen MR) is 88.4 cm³/mol. The van der Waals surface area contributed by atoms with Crippen molar-refractivity contribution < 1.29 is 14.1 Å². The molecule has 0 bridgehead atoms. The van der Waals surface area contributed by atoms with E-state index in [0.717, 1.165) is 35.8 Å². The van der Waals surface area contributed by atoms with Gasteiger partial charge < -0.3 is 4.52 Å². The molecular weight excluding hydrogens is 312 g/mol. The Labute approximate surface area is 139 Å². The number of unbranched alkanes of at least 4 members (excludes halogenated alkanes) is 1. The van der Waals surface area contributed by atoms with Crippen molar-refractivity contribution in [1.82, 2.24) is 10.1 Å². The first-order valence-corrected chi connectivity index (χ1v) is 8.77. The van der Waals surface area contributed by atoms with Crippen LogP contribution in [0.15, 0.2) is 34.9 Å². The Kier molecular flexibility index (Phi) is 4.81. The second-order valence-corrected chi connectivity index (χ2v) is 6.61. The minimum absolute atomic E-state index is 0.171. The van der Waals surface area contributed by atoms with Gasteiger partial charge in [0.2, 0.25) is 0 Å². The molecule has 1 aromatic carbocycles. The maximum absolute atomic E-state index is 12.2. The van der Waals surface area contributed by atoms with Gasteiger partial charge in [-0.3, -0.25) is 14.5 Å². The monoisotopic (exact) mass is 330 g/mol. The summed E-state index contributed by atoms with van der Waals surface area (Å²) in [7, 11) is 0. The van der Waals surface area contributed by atoms with E-state index in [0.29, 0.717) is 17.7 Å². The summed E-state index contributed by atoms with van der Waals surface area (Å²) in [5.41, 5.74) is 1.94. The van der Waals surface area contributed by atoms with Crippen molar-refractivity contribution in [2.24, 2.45) is 0 Å². The van der Waals surface area contributed by atoms with Crippen LogP contribution in [0.4, 0.5) is 0 Å². The Morgan fingerprint density at radius 2 is 1.83 bits per heavy atom. The maximum atomic E-state index is 12.2. The Hall–Kier alpha value is -2.08. The highest BCUT2D eigenvalue weighted by molar-refractivity contribution is 7.98. The molecule has 6 heteroatoms. The molecule has 5 nitrogen and oxygen atoms in total. The molecule has 120 valence electrons. The topological polar surface area (TPSA) is 63.4 Å². The molecule has 1 aliphatic heterocycles. The molecule has 2 amide bonds. The molecule has 1 aromatic heterocycles. The van der Waals surface area contributed by atoms with Crippen LogP contribution in [0.3, 0.4) is 0 Å². The Morgan fingerprint density at radius 1 is 1.13 bits per heavy atom. The van der Waals surface area contributed by atoms with Crippen LogP contribution in [0.5, 0.6) is 0 Å². The summed E-state index contributed by atoms with van der Waals surface area (Å²) < 4.78 is 5.15. The van der Waals surface area contributed by atoms with E-state index in [1.54, 1.807) is 36.0 Å². The normalized spacial score (nSPS) is 13.7. The summed E-state index contributed by atoms with van der Waals surface area (Å²) in [6, 6.07) is 8.94. The number of fused-ring (bicyclic) bond motifs is 1. The number of aromatic nitrogens is 1. The van der Waals surface area contributed by atoms with E-state index in [1.807, 2.05) is 13.0 Å². The number of rotatable bonds is 7. The second-order valence-electron chi connectivity index (χ2n) is 5.50. The fourth-order valence-corrected chi connectivity index (χ4v) is 3.46. The summed E-state index contributed by atoms with van der Waals surface area (Å²) in [6.07, 6.45) is 1.76. The molecule has 0 spiro atoms. The lowest BCUT2D eigenvalue weighted by atomic mass is 10.1. The fourth-order valence-electron chi connectivity index (χ4n) is 2.57. The standard InChI is InChI=1S/C17H18N2O3S/c1-12-10-13(22-18-12)11-23-9-5-4-8-19-16(20)14-6-2-3-7-15(14)17(19)21/h2-3,6-7,10H,4-5,8-9,11H2,1H3. The number of carbonyl (C=O) groups excluding carboxylic acids is 2. The molecule has 0 radical (unpaired) electrons. The van der Waals surface area contributed by atoms with E-state index in [-0.39, 0.29) is 11.8 Å². The third-order valence-electron chi connectivity index (χ3n) is 3.72. The number of thioether (sulfide) groups is 1. The molecule has 1 aliphatic rings. The summed E-state index contributed by atoms with van der Waals surface area (Å²) in [4.78, 5) is 25.7. The van der Waals surface area contributed by atoms with Gasteiger partial charge in [-0.25, -0.2) is 0 Å². The van der Waals surface area contributed by atoms with Crippen molar-refractivity contribution in [3.63, 3.8) is 0 Å². The van der Waals surface area contributed by atoms with Gasteiger partial charge >= 0.3 is 0 Å². The van der Waals surface area contributed by atoms with Crippen LogP contribution in [0, 0.1) is 6.92 Å². The molecule has 0 saturated carbocycles. The van der Waals surface area contributed by atoms with Crippen LogP contribution in [-0.2, 0) is 5.75 Å². The highest BCUT2D eigenvalue weighted by Crippen LogP contribution is 2.23. The summed E-state index contributed by atoms with van der Waals surface area (Å²) in [5.74, 6) is 2.30. The highest BCUT2D eigenvalue weighted by atomic mass is 32.2. The number of amides is 2. The zero-order valence-electron chi connectivity index (χ0n) is 12.9. The van der Waals surface area contributed by atoms with Gasteiger partial charge in [0, 0.05) is 12.6 Å². The van der Waals surface area contributed by atoms with Crippen molar-refractivity contribution in [1.29, 1.82) is 0 Å². The van der Waals surface area contributed by atoms with E-state index >= 15 is 0 Å². The average Bonchev–Trinajstić information content (AvgIpc) is 3.07. The zero-order valence-corrected chi connectivity index (χ0v) is 13.8. The minimum Gasteiger partial charge on any atom is -0.360 e. The van der Waals surface area contributed by atoms with Crippen molar-refractivity contribution in [3.05, 3.63) is 52.9 Å². The number of aryl methyl sites for hydroxylation is 1. The van der Waals surface area contributed by atoms with Crippen LogP contribution < -0.4 is 0 Å². The van der Waals surface area contributed by atoms with Crippen molar-refractivity contribution in [2.45, 2.75) is 25.5 Å². The number of carbonyl (C=O) groups is 2. The van der Waals surface area contributed by atoms with Gasteiger partial charge in [0.05, 0.1) is 22.6 Å². The van der Waals surface area contributed by atoms with Crippen molar-refractivity contribution in [3.8, 4) is 0 Å². The number of benzene rings is 1. The molecule has 3 rings (SSSR count). The predicted octanol–water partition coefficient (Wildman–Crippen LogP) is 3.29. The lowest BCUT2D eigenvalue weighted by Gasteiger charge is -2.13. The first kappa shape index (κ1) is 15.8. The fraction of sp³-hybridized carbons (Fsp3) is 0.353. The van der Waals surface area contributed by atoms with Gasteiger partial charge in [-0.15, -0.1) is 0 Å². The lowest BCUT2D eigenvalue weighted by molar-refractivity contribution is 0.0652. The number of hydrogen-bond acceptors (Lipinski definition) is 5. The van der Waals surface area contributed by atoms with Crippen LogP contribution in [0.1, 0.15) is 45.0 Å². The molecular formula is C17H18N2O3S. The maximum Gasteiger partial charge on any atom is 0.261 e. The molecule has 0 N–H and O–H groups in total. The molecule has 2 aromatic rings. The van der Waals surface area contributed by atoms with E-state index < -0.39 is 0 Å². The van der Waals surface area contributed by atoms with Crippen LogP contribution in [-0.4, -0.2) is 34.2 Å². The van der Waals surface area contributed by atoms with Crippen LogP contribution in [0.25, 0.3) is 0 Å². The lowest BCUT2D eigenvalue weighted by Crippen LogP contribution is -2.30. The molecule has 0 saturated heterocycles. The Balaban J connectivity index is 1.40. The SMILES string of the molecule is Cc1cc(CSCCCCN2C(=O)c3ccccc3C2=O)on1. The summed E-state index contributed by atoms with van der Waals surface area (Å²) >= 11 is 1.77. The number of hydrogen-bond donors (Lipinski definition) is 0. The van der Waals surface area contributed by atoms with Crippen LogP contribution in [0.2, 0.25) is 0 Å². The van der Waals surface area contributed by atoms with Crippen molar-refractivity contribution >= 4 is 23.6 Å². The number of nitrogens with zero attached hydrogens (tertiary/aromatic N) is 2. The third-order valence-corrected chi connectivity index (χ3v) is 4.79. The Bertz CT molecular complexity index is 691. The first-order valence-electron chi connectivity index (χ1n) is 7.62. The smallest absolute Gasteiger partial charge is 0.261 e. The van der Waals surface area contributed by atoms with Gasteiger partial charge in [0.25, 0.3) is 11.8 Å². The van der Waals surface area contributed by atoms with Gasteiger partial charge in [0.15, 0.2) is 0 Å². The summed E-state index contributed by atoms with van der Waals surface area (Å²) in [5, 5.41) is 3.85. The first-order chi connectivity index (χ1) is 11.2. The molecule has 0 aliphatic carbocycles. The molecule has 0 fully saturated rings. The number of imide groups is 1. The van der Waals surface area contributed by atoms with Crippen LogP contribution >= 0.6 is 11.8 Å². The van der Waals surface area contributed by atoms with E-state index in [9.17, 15) is 9.59 Å². The molecule has 0 atom stereocenters. The van der Waals surface area contributed by atoms with Gasteiger partial charge in [-0.05, 0) is 37.7 Å². The van der Waals surface area contributed by atoms with Crippen molar-refractivity contribution in [2.75, 3.05) is 12.3 Å². The van der Waals surface area contributed by atoms with Gasteiger partial charge in [-0.1, -0.05) is 17.3 Å². The molecule has 2 heterocycles. The van der Waals surface area contributed by atoms with Gasteiger partial charge in [-0.2, -0.15) is 11.8 Å². The van der Waals surface area contributed by atoms with E-state index in [1.165, 1.54) is 4.90 Å². The van der Waals surface area contributed by atoms with E-state index in [4.69, 9.17) is 4.52 Å². The quantitative estimate of drug-likeness (QED) is 0.576. The van der Waals surface area contributed by atoms with Gasteiger partial charge in [0.1, 0.15) is 5.76 Å². The Morgan fingerprint density at radius 3 is 2.43 bits per heavy atom. The minimum atomic E-state index is -0.171. The largest absolute Gasteiger partial charge is 0.360 e. The zero-order chi connectivity index (χ0) is 16.2. The highest BCUT2D eigenvalue weighted by Gasteiger charge is 2.34. The summed E-state index contributed by atoms with van der Waals surface area (Å²) in [6.45, 7) is 2.38. The van der Waals surface area contributed by atoms with E-state index in [2.05, 4.69) is 5.16 Å².